The van der Waals surface area contributed by atoms with Gasteiger partial charge in [0.05, 0.1) is 5.75 Å². The average molecular weight is 394 g/mol. The summed E-state index contributed by atoms with van der Waals surface area (Å²) in [6.45, 7) is 4.29. The highest BCUT2D eigenvalue weighted by Gasteiger charge is 2.26. The Morgan fingerprint density at radius 3 is 3.00 bits per heavy atom. The Morgan fingerprint density at radius 1 is 1.46 bits per heavy atom. The first-order chi connectivity index (χ1) is 12.5. The number of likely N-dealkylation sites (tertiary alicyclic amines) is 1. The number of rotatable bonds is 6. The summed E-state index contributed by atoms with van der Waals surface area (Å²) in [6, 6.07) is 7.10. The molecule has 1 amide bonds. The third-order valence-corrected chi connectivity index (χ3v) is 6.81. The van der Waals surface area contributed by atoms with E-state index in [1.54, 1.807) is 17.4 Å². The number of carbonyl (C=O) groups is 1. The fourth-order valence-electron chi connectivity index (χ4n) is 3.19. The standard InChI is InChI=1S/C19H24FN3OS2/c1-14-12-25-19(21-14)26-13-18(24)22(2)16-7-5-9-23(11-16)10-15-6-3-4-8-17(15)20/h3-4,6,8,12,16H,5,7,9-11,13H2,1-2H3. The number of nitrogens with zero attached hydrogens (tertiary/aromatic N) is 3. The molecular weight excluding hydrogens is 369 g/mol. The van der Waals surface area contributed by atoms with E-state index in [9.17, 15) is 9.18 Å². The molecule has 0 aliphatic carbocycles. The predicted molar refractivity (Wildman–Crippen MR) is 105 cm³/mol. The number of thioether (sulfide) groups is 1. The lowest BCUT2D eigenvalue weighted by molar-refractivity contribution is -0.130. The molecule has 2 aromatic rings. The SMILES string of the molecule is Cc1csc(SCC(=O)N(C)C2CCCN(Cc3ccccc3F)C2)n1. The van der Waals surface area contributed by atoms with Gasteiger partial charge in [0.2, 0.25) is 5.91 Å². The first-order valence-electron chi connectivity index (χ1n) is 8.79. The summed E-state index contributed by atoms with van der Waals surface area (Å²) >= 11 is 3.08. The van der Waals surface area contributed by atoms with Crippen LogP contribution in [0.15, 0.2) is 34.0 Å². The third kappa shape index (κ3) is 5.05. The van der Waals surface area contributed by atoms with Gasteiger partial charge in [0.25, 0.3) is 0 Å². The minimum atomic E-state index is -0.158. The molecule has 1 aliphatic rings. The van der Waals surface area contributed by atoms with Crippen LogP contribution in [0.5, 0.6) is 0 Å². The van der Waals surface area contributed by atoms with Crippen molar-refractivity contribution in [3.05, 3.63) is 46.7 Å². The van der Waals surface area contributed by atoms with Crippen LogP contribution in [-0.4, -0.2) is 52.6 Å². The van der Waals surface area contributed by atoms with Crippen molar-refractivity contribution in [2.24, 2.45) is 0 Å². The fraction of sp³-hybridized carbons (Fsp3) is 0.474. The van der Waals surface area contributed by atoms with Crippen LogP contribution >= 0.6 is 23.1 Å². The van der Waals surface area contributed by atoms with Crippen LogP contribution in [0, 0.1) is 12.7 Å². The topological polar surface area (TPSA) is 36.4 Å². The second kappa shape index (κ2) is 8.97. The second-order valence-electron chi connectivity index (χ2n) is 6.67. The number of aryl methyl sites for hydroxylation is 1. The van der Waals surface area contributed by atoms with E-state index in [4.69, 9.17) is 0 Å². The molecule has 3 rings (SSSR count). The van der Waals surface area contributed by atoms with Gasteiger partial charge in [-0.15, -0.1) is 11.3 Å². The smallest absolute Gasteiger partial charge is 0.233 e. The summed E-state index contributed by atoms with van der Waals surface area (Å²) in [5.74, 6) is 0.377. The molecule has 1 aliphatic heterocycles. The zero-order chi connectivity index (χ0) is 18.5. The first kappa shape index (κ1) is 19.3. The van der Waals surface area contributed by atoms with Crippen molar-refractivity contribution in [1.82, 2.24) is 14.8 Å². The van der Waals surface area contributed by atoms with Gasteiger partial charge in [0.15, 0.2) is 4.34 Å². The molecular formula is C19H24FN3OS2. The molecule has 1 aromatic heterocycles. The summed E-state index contributed by atoms with van der Waals surface area (Å²) in [6.07, 6.45) is 2.02. The summed E-state index contributed by atoms with van der Waals surface area (Å²) in [4.78, 5) is 21.0. The van der Waals surface area contributed by atoms with E-state index in [1.807, 2.05) is 36.4 Å². The Bertz CT molecular complexity index is 752. The Balaban J connectivity index is 1.52. The van der Waals surface area contributed by atoms with Crippen molar-refractivity contribution < 1.29 is 9.18 Å². The maximum absolute atomic E-state index is 13.9. The Kier molecular flexibility index (Phi) is 6.67. The maximum Gasteiger partial charge on any atom is 0.233 e. The van der Waals surface area contributed by atoms with Gasteiger partial charge in [-0.3, -0.25) is 9.69 Å². The van der Waals surface area contributed by atoms with Crippen molar-refractivity contribution in [2.45, 2.75) is 36.7 Å². The predicted octanol–water partition coefficient (Wildman–Crippen LogP) is 3.81. The van der Waals surface area contributed by atoms with Crippen LogP contribution in [0.3, 0.4) is 0 Å². The number of halogens is 1. The molecule has 1 fully saturated rings. The Morgan fingerprint density at radius 2 is 2.27 bits per heavy atom. The minimum Gasteiger partial charge on any atom is -0.341 e. The molecule has 4 nitrogen and oxygen atoms in total. The Hall–Kier alpha value is -1.44. The number of thiazole rings is 1. The van der Waals surface area contributed by atoms with Crippen molar-refractivity contribution in [3.63, 3.8) is 0 Å². The number of likely N-dealkylation sites (N-methyl/N-ethyl adjacent to an activating group) is 1. The molecule has 0 saturated carbocycles. The molecule has 0 spiro atoms. The highest BCUT2D eigenvalue weighted by Crippen LogP contribution is 2.24. The van der Waals surface area contributed by atoms with E-state index in [-0.39, 0.29) is 17.8 Å². The molecule has 7 heteroatoms. The number of hydrogen-bond acceptors (Lipinski definition) is 5. The second-order valence-corrected chi connectivity index (χ2v) is 8.75. The molecule has 140 valence electrons. The highest BCUT2D eigenvalue weighted by atomic mass is 32.2. The monoisotopic (exact) mass is 393 g/mol. The van der Waals surface area contributed by atoms with Crippen molar-refractivity contribution in [1.29, 1.82) is 0 Å². The van der Waals surface area contributed by atoms with Gasteiger partial charge < -0.3 is 4.90 Å². The minimum absolute atomic E-state index is 0.126. The quantitative estimate of drug-likeness (QED) is 0.700. The number of amides is 1. The van der Waals surface area contributed by atoms with Crippen LogP contribution in [0.4, 0.5) is 4.39 Å². The molecule has 0 radical (unpaired) electrons. The van der Waals surface area contributed by atoms with E-state index in [0.29, 0.717) is 12.3 Å². The number of benzene rings is 1. The molecule has 1 atom stereocenters. The third-order valence-electron chi connectivity index (χ3n) is 4.69. The zero-order valence-electron chi connectivity index (χ0n) is 15.2. The molecule has 26 heavy (non-hydrogen) atoms. The van der Waals surface area contributed by atoms with Gasteiger partial charge in [0.1, 0.15) is 5.82 Å². The average Bonchev–Trinajstić information content (AvgIpc) is 3.06. The van der Waals surface area contributed by atoms with Crippen LogP contribution in [0.1, 0.15) is 24.1 Å². The normalized spacial score (nSPS) is 18.0. The lowest BCUT2D eigenvalue weighted by atomic mass is 10.0. The highest BCUT2D eigenvalue weighted by molar-refractivity contribution is 8.01. The van der Waals surface area contributed by atoms with E-state index in [2.05, 4.69) is 9.88 Å². The van der Waals surface area contributed by atoms with E-state index >= 15 is 0 Å². The van der Waals surface area contributed by atoms with Crippen LogP contribution in [0.2, 0.25) is 0 Å². The molecule has 0 N–H and O–H groups in total. The number of hydrogen-bond donors (Lipinski definition) is 0. The molecule has 1 unspecified atom stereocenters. The Labute approximate surface area is 162 Å². The van der Waals surface area contributed by atoms with Gasteiger partial charge in [-0.25, -0.2) is 9.37 Å². The van der Waals surface area contributed by atoms with Gasteiger partial charge >= 0.3 is 0 Å². The lowest BCUT2D eigenvalue weighted by Gasteiger charge is -2.37. The van der Waals surface area contributed by atoms with Gasteiger partial charge in [-0.1, -0.05) is 30.0 Å². The van der Waals surface area contributed by atoms with E-state index in [1.165, 1.54) is 17.8 Å². The van der Waals surface area contributed by atoms with Crippen molar-refractivity contribution >= 4 is 29.0 Å². The number of aromatic nitrogens is 1. The molecule has 0 bridgehead atoms. The molecule has 2 heterocycles. The lowest BCUT2D eigenvalue weighted by Crippen LogP contribution is -2.48. The molecule has 1 aromatic carbocycles. The summed E-state index contributed by atoms with van der Waals surface area (Å²) in [5.41, 5.74) is 1.71. The summed E-state index contributed by atoms with van der Waals surface area (Å²) in [5, 5.41) is 2.00. The van der Waals surface area contributed by atoms with Crippen molar-refractivity contribution in [3.8, 4) is 0 Å². The van der Waals surface area contributed by atoms with Crippen molar-refractivity contribution in [2.75, 3.05) is 25.9 Å². The van der Waals surface area contributed by atoms with Gasteiger partial charge in [-0.05, 0) is 32.4 Å². The van der Waals surface area contributed by atoms with Gasteiger partial charge in [0, 0.05) is 42.8 Å². The number of piperidine rings is 1. The van der Waals surface area contributed by atoms with E-state index in [0.717, 1.165) is 41.5 Å². The summed E-state index contributed by atoms with van der Waals surface area (Å²) < 4.78 is 14.8. The molecule has 1 saturated heterocycles. The van der Waals surface area contributed by atoms with Crippen LogP contribution in [-0.2, 0) is 11.3 Å². The van der Waals surface area contributed by atoms with Gasteiger partial charge in [-0.2, -0.15) is 0 Å². The maximum atomic E-state index is 13.9. The largest absolute Gasteiger partial charge is 0.341 e. The fourth-order valence-corrected chi connectivity index (χ4v) is 4.96. The number of carbonyl (C=O) groups excluding carboxylic acids is 1. The zero-order valence-corrected chi connectivity index (χ0v) is 16.8. The van der Waals surface area contributed by atoms with Crippen LogP contribution < -0.4 is 0 Å². The van der Waals surface area contributed by atoms with E-state index < -0.39 is 0 Å². The van der Waals surface area contributed by atoms with Crippen LogP contribution in [0.25, 0.3) is 0 Å². The first-order valence-corrected chi connectivity index (χ1v) is 10.7. The summed E-state index contributed by atoms with van der Waals surface area (Å²) in [7, 11) is 1.88.